The van der Waals surface area contributed by atoms with Crippen LogP contribution in [-0.4, -0.2) is 38.1 Å². The topological polar surface area (TPSA) is 123 Å². The molecule has 10 heteroatoms. The Morgan fingerprint density at radius 2 is 1.68 bits per heavy atom. The van der Waals surface area contributed by atoms with Gasteiger partial charge in [-0.3, -0.25) is 14.2 Å². The molecule has 1 aliphatic rings. The Labute approximate surface area is 234 Å². The highest BCUT2D eigenvalue weighted by Gasteiger charge is 2.33. The van der Waals surface area contributed by atoms with E-state index in [0.29, 0.717) is 47.3 Å². The fraction of sp³-hybridized carbons (Fsp3) is 0.267. The van der Waals surface area contributed by atoms with E-state index in [2.05, 4.69) is 10.6 Å². The third-order valence-electron chi connectivity index (χ3n) is 6.39. The highest BCUT2D eigenvalue weighted by molar-refractivity contribution is 7.62. The van der Waals surface area contributed by atoms with E-state index < -0.39 is 7.60 Å². The zero-order valence-corrected chi connectivity index (χ0v) is 23.9. The highest BCUT2D eigenvalue weighted by Crippen LogP contribution is 2.48. The van der Waals surface area contributed by atoms with Crippen molar-refractivity contribution < 1.29 is 23.2 Å². The van der Waals surface area contributed by atoms with Gasteiger partial charge in [0.1, 0.15) is 0 Å². The molecule has 4 rings (SSSR count). The van der Waals surface area contributed by atoms with Gasteiger partial charge in [-0.15, -0.1) is 0 Å². The Morgan fingerprint density at radius 3 is 2.27 bits per heavy atom. The molecule has 0 aromatic heterocycles. The van der Waals surface area contributed by atoms with E-state index >= 15 is 0 Å². The minimum atomic E-state index is -3.57. The van der Waals surface area contributed by atoms with Gasteiger partial charge in [-0.1, -0.05) is 30.3 Å². The van der Waals surface area contributed by atoms with Crippen molar-refractivity contribution in [2.24, 2.45) is 5.73 Å². The van der Waals surface area contributed by atoms with Crippen LogP contribution in [0.25, 0.3) is 11.3 Å². The van der Waals surface area contributed by atoms with Crippen molar-refractivity contribution in [3.8, 4) is 0 Å². The van der Waals surface area contributed by atoms with Crippen LogP contribution in [0, 0.1) is 0 Å². The van der Waals surface area contributed by atoms with Gasteiger partial charge in [0.2, 0.25) is 5.91 Å². The van der Waals surface area contributed by atoms with Crippen LogP contribution in [0.4, 0.5) is 17.1 Å². The van der Waals surface area contributed by atoms with E-state index in [9.17, 15) is 14.2 Å². The molecule has 0 saturated carbocycles. The fourth-order valence-electron chi connectivity index (χ4n) is 4.57. The lowest BCUT2D eigenvalue weighted by Crippen LogP contribution is -2.30. The second kappa shape index (κ2) is 13.1. The number of hydrogen-bond donors (Lipinski definition) is 3. The van der Waals surface area contributed by atoms with E-state index in [1.165, 1.54) is 6.92 Å². The predicted molar refractivity (Wildman–Crippen MR) is 161 cm³/mol. The third-order valence-corrected chi connectivity index (χ3v) is 8.50. The Morgan fingerprint density at radius 1 is 1.00 bits per heavy atom. The summed E-state index contributed by atoms with van der Waals surface area (Å²) in [5.41, 5.74) is 10.1. The third kappa shape index (κ3) is 6.35. The maximum Gasteiger partial charge on any atom is 0.361 e. The molecule has 4 N–H and O–H groups in total. The lowest BCUT2D eigenvalue weighted by atomic mass is 10.00. The molecular formula is C30H35N4O5P. The Balaban J connectivity index is 1.79. The van der Waals surface area contributed by atoms with Crippen molar-refractivity contribution in [2.45, 2.75) is 27.2 Å². The molecule has 0 spiro atoms. The molecule has 0 aliphatic carbocycles. The minimum absolute atomic E-state index is 0.0623. The molecule has 9 nitrogen and oxygen atoms in total. The number of anilines is 3. The normalized spacial score (nSPS) is 13.9. The van der Waals surface area contributed by atoms with E-state index in [1.54, 1.807) is 36.9 Å². The lowest BCUT2D eigenvalue weighted by molar-refractivity contribution is -0.116. The first kappa shape index (κ1) is 29.2. The lowest BCUT2D eigenvalue weighted by Gasteiger charge is -2.22. The quantitative estimate of drug-likeness (QED) is 0.205. The van der Waals surface area contributed by atoms with Crippen LogP contribution in [0.2, 0.25) is 0 Å². The van der Waals surface area contributed by atoms with Crippen LogP contribution in [0.1, 0.15) is 38.3 Å². The minimum Gasteiger partial charge on any atom is -0.354 e. The van der Waals surface area contributed by atoms with Gasteiger partial charge in [0, 0.05) is 36.1 Å². The summed E-state index contributed by atoms with van der Waals surface area (Å²) in [6, 6.07) is 22.0. The molecule has 0 fully saturated rings. The zero-order valence-electron chi connectivity index (χ0n) is 23.0. The number of benzene rings is 3. The fourth-order valence-corrected chi connectivity index (χ4v) is 6.17. The molecular weight excluding hydrogens is 527 g/mol. The van der Waals surface area contributed by atoms with Crippen LogP contribution < -0.4 is 26.6 Å². The van der Waals surface area contributed by atoms with E-state index in [-0.39, 0.29) is 25.0 Å². The van der Waals surface area contributed by atoms with Crippen molar-refractivity contribution >= 4 is 53.0 Å². The van der Waals surface area contributed by atoms with Crippen molar-refractivity contribution in [3.63, 3.8) is 0 Å². The molecule has 0 radical (unpaired) electrons. The molecule has 2 amide bonds. The molecule has 1 heterocycles. The Bertz CT molecular complexity index is 1430. The number of hydrogen-bond acceptors (Lipinski definition) is 7. The second-order valence-electron chi connectivity index (χ2n) is 9.12. The Hall–Kier alpha value is -3.75. The summed E-state index contributed by atoms with van der Waals surface area (Å²) in [4.78, 5) is 27.2. The highest BCUT2D eigenvalue weighted by atomic mass is 31.2. The van der Waals surface area contributed by atoms with E-state index in [0.717, 1.165) is 16.9 Å². The molecule has 3 aromatic rings. The number of nitrogens with two attached hydrogens (primary N) is 1. The van der Waals surface area contributed by atoms with Gasteiger partial charge in [-0.25, -0.2) is 0 Å². The van der Waals surface area contributed by atoms with Gasteiger partial charge in [0.25, 0.3) is 5.91 Å². The van der Waals surface area contributed by atoms with Crippen LogP contribution in [0.3, 0.4) is 0 Å². The van der Waals surface area contributed by atoms with Crippen molar-refractivity contribution in [2.75, 3.05) is 41.8 Å². The van der Waals surface area contributed by atoms with Gasteiger partial charge < -0.3 is 30.3 Å². The standard InChI is InChI=1S/C30H35N4O5P/c1-4-38-40(37,39-5-2)25-16-17-27-26(20-25)28(30(36)33-27)29(22-10-7-6-8-11-22)32-23-12-14-24(15-13-23)34(21(3)35)19-9-18-31/h6-8,10-17,20,32H,4-5,9,18-19,31H2,1-3H3,(H,33,36)/b29-28-. The number of amides is 2. The largest absolute Gasteiger partial charge is 0.361 e. The zero-order chi connectivity index (χ0) is 28.7. The van der Waals surface area contributed by atoms with E-state index in [4.69, 9.17) is 14.8 Å². The number of fused-ring (bicyclic) bond motifs is 1. The maximum atomic E-state index is 13.5. The first-order valence-corrected chi connectivity index (χ1v) is 14.9. The average Bonchev–Trinajstić information content (AvgIpc) is 3.28. The summed E-state index contributed by atoms with van der Waals surface area (Å²) >= 11 is 0. The van der Waals surface area contributed by atoms with Gasteiger partial charge >= 0.3 is 7.60 Å². The molecule has 0 atom stereocenters. The number of carbonyl (C=O) groups is 2. The number of carbonyl (C=O) groups excluding carboxylic acids is 2. The van der Waals surface area contributed by atoms with Gasteiger partial charge in [-0.2, -0.15) is 0 Å². The number of nitrogens with zero attached hydrogens (tertiary/aromatic N) is 1. The van der Waals surface area contributed by atoms with Gasteiger partial charge in [0.05, 0.1) is 29.8 Å². The van der Waals surface area contributed by atoms with Crippen molar-refractivity contribution in [3.05, 3.63) is 83.9 Å². The molecule has 40 heavy (non-hydrogen) atoms. The molecule has 1 aliphatic heterocycles. The summed E-state index contributed by atoms with van der Waals surface area (Å²) in [5, 5.41) is 6.72. The first-order valence-electron chi connectivity index (χ1n) is 13.3. The van der Waals surface area contributed by atoms with Crippen LogP contribution in [0.5, 0.6) is 0 Å². The molecule has 0 saturated heterocycles. The predicted octanol–water partition coefficient (Wildman–Crippen LogP) is 5.21. The monoisotopic (exact) mass is 562 g/mol. The average molecular weight is 563 g/mol. The smallest absolute Gasteiger partial charge is 0.354 e. The summed E-state index contributed by atoms with van der Waals surface area (Å²) < 4.78 is 24.6. The Kier molecular flexibility index (Phi) is 9.55. The summed E-state index contributed by atoms with van der Waals surface area (Å²) in [6.07, 6.45) is 0.694. The second-order valence-corrected chi connectivity index (χ2v) is 11.1. The van der Waals surface area contributed by atoms with Gasteiger partial charge in [-0.05, 0) is 74.8 Å². The number of nitrogens with one attached hydrogen (secondary N) is 2. The summed E-state index contributed by atoms with van der Waals surface area (Å²) in [5.74, 6) is -0.352. The van der Waals surface area contributed by atoms with Crippen LogP contribution in [0.15, 0.2) is 72.8 Å². The van der Waals surface area contributed by atoms with Crippen molar-refractivity contribution in [1.82, 2.24) is 0 Å². The molecule has 210 valence electrons. The van der Waals surface area contributed by atoms with Gasteiger partial charge in [0.15, 0.2) is 0 Å². The summed E-state index contributed by atoms with van der Waals surface area (Å²) in [6.45, 7) is 6.50. The van der Waals surface area contributed by atoms with Crippen LogP contribution >= 0.6 is 7.60 Å². The molecule has 0 unspecified atom stereocenters. The van der Waals surface area contributed by atoms with Crippen LogP contribution in [-0.2, 0) is 23.2 Å². The first-order chi connectivity index (χ1) is 19.3. The maximum absolute atomic E-state index is 13.5. The molecule has 3 aromatic carbocycles. The molecule has 0 bridgehead atoms. The number of rotatable bonds is 12. The van der Waals surface area contributed by atoms with E-state index in [1.807, 2.05) is 54.6 Å². The SMILES string of the molecule is CCOP(=O)(OCC)c1ccc2c(c1)/C(=C(/Nc1ccc(N(CCCN)C(C)=O)cc1)c1ccccc1)C(=O)N2. The summed E-state index contributed by atoms with van der Waals surface area (Å²) in [7, 11) is -3.57. The van der Waals surface area contributed by atoms with Crippen molar-refractivity contribution in [1.29, 1.82) is 0 Å².